The molecule has 0 radical (unpaired) electrons. The summed E-state index contributed by atoms with van der Waals surface area (Å²) in [6.07, 6.45) is 2.80. The predicted molar refractivity (Wildman–Crippen MR) is 60.6 cm³/mol. The fraction of sp³-hybridized carbons (Fsp3) is 0.462. The summed E-state index contributed by atoms with van der Waals surface area (Å²) < 4.78 is 13.0. The van der Waals surface area contributed by atoms with E-state index in [0.29, 0.717) is 0 Å². The van der Waals surface area contributed by atoms with Crippen molar-refractivity contribution in [2.75, 3.05) is 0 Å². The summed E-state index contributed by atoms with van der Waals surface area (Å²) in [5.41, 5.74) is 6.99. The van der Waals surface area contributed by atoms with E-state index in [9.17, 15) is 9.18 Å². The fourth-order valence-electron chi connectivity index (χ4n) is 2.02. The Bertz CT molecular complexity index is 424. The van der Waals surface area contributed by atoms with Gasteiger partial charge in [-0.25, -0.2) is 4.39 Å². The largest absolute Gasteiger partial charge is 0.319 e. The molecule has 1 aromatic carbocycles. The zero-order valence-electron chi connectivity index (χ0n) is 9.42. The molecule has 16 heavy (non-hydrogen) atoms. The van der Waals surface area contributed by atoms with Crippen molar-refractivity contribution in [2.45, 2.75) is 38.1 Å². The smallest absolute Gasteiger partial charge is 0.157 e. The molecular formula is C13H16FNO. The Balaban J connectivity index is 2.14. The van der Waals surface area contributed by atoms with E-state index in [1.54, 1.807) is 6.07 Å². The van der Waals surface area contributed by atoms with Gasteiger partial charge >= 0.3 is 0 Å². The first-order valence-corrected chi connectivity index (χ1v) is 5.58. The van der Waals surface area contributed by atoms with Gasteiger partial charge in [-0.3, -0.25) is 4.79 Å². The van der Waals surface area contributed by atoms with E-state index in [2.05, 4.69) is 0 Å². The number of hydrogen-bond donors (Lipinski definition) is 1. The molecule has 1 aromatic rings. The third-order valence-corrected chi connectivity index (χ3v) is 3.46. The number of halogens is 1. The minimum atomic E-state index is -0.640. The van der Waals surface area contributed by atoms with Gasteiger partial charge in [-0.15, -0.1) is 0 Å². The monoisotopic (exact) mass is 221 g/mol. The van der Waals surface area contributed by atoms with Crippen LogP contribution in [0.1, 0.15) is 30.4 Å². The third kappa shape index (κ3) is 2.00. The lowest BCUT2D eigenvalue weighted by Gasteiger charge is -2.36. The van der Waals surface area contributed by atoms with Gasteiger partial charge in [0.15, 0.2) is 5.78 Å². The number of Topliss-reactive ketones (excluding diaryl/α,β-unsaturated/α-hetero) is 1. The van der Waals surface area contributed by atoms with Crippen LogP contribution >= 0.6 is 0 Å². The quantitative estimate of drug-likeness (QED) is 0.849. The number of benzene rings is 1. The molecule has 0 heterocycles. The summed E-state index contributed by atoms with van der Waals surface area (Å²) in [7, 11) is 0. The van der Waals surface area contributed by atoms with Crippen molar-refractivity contribution in [2.24, 2.45) is 5.73 Å². The molecule has 86 valence electrons. The van der Waals surface area contributed by atoms with Crippen LogP contribution in [0, 0.1) is 12.7 Å². The fourth-order valence-corrected chi connectivity index (χ4v) is 2.02. The van der Waals surface area contributed by atoms with Gasteiger partial charge in [0.05, 0.1) is 5.54 Å². The second kappa shape index (κ2) is 3.98. The van der Waals surface area contributed by atoms with Crippen LogP contribution in [0.3, 0.4) is 0 Å². The maximum Gasteiger partial charge on any atom is 0.157 e. The first-order valence-electron chi connectivity index (χ1n) is 5.58. The van der Waals surface area contributed by atoms with Crippen LogP contribution in [-0.4, -0.2) is 11.3 Å². The van der Waals surface area contributed by atoms with E-state index < -0.39 is 5.54 Å². The molecule has 0 aliphatic heterocycles. The lowest BCUT2D eigenvalue weighted by Crippen LogP contribution is -2.54. The summed E-state index contributed by atoms with van der Waals surface area (Å²) in [6, 6.07) is 4.53. The van der Waals surface area contributed by atoms with Gasteiger partial charge in [0, 0.05) is 6.42 Å². The lowest BCUT2D eigenvalue weighted by atomic mass is 9.73. The normalized spacial score (nSPS) is 17.9. The van der Waals surface area contributed by atoms with Crippen LogP contribution in [0.5, 0.6) is 0 Å². The first-order chi connectivity index (χ1) is 7.51. The van der Waals surface area contributed by atoms with E-state index in [1.165, 1.54) is 12.1 Å². The number of hydrogen-bond acceptors (Lipinski definition) is 2. The third-order valence-electron chi connectivity index (χ3n) is 3.46. The molecule has 2 rings (SSSR count). The SMILES string of the molecule is Cc1ccc(F)cc1CC(=O)C1(N)CCC1. The van der Waals surface area contributed by atoms with Crippen LogP contribution in [0.2, 0.25) is 0 Å². The van der Waals surface area contributed by atoms with E-state index in [1.807, 2.05) is 6.92 Å². The van der Waals surface area contributed by atoms with Crippen molar-refractivity contribution >= 4 is 5.78 Å². The molecule has 0 aromatic heterocycles. The van der Waals surface area contributed by atoms with Crippen molar-refractivity contribution in [1.29, 1.82) is 0 Å². The molecule has 0 atom stereocenters. The maximum atomic E-state index is 13.0. The zero-order valence-corrected chi connectivity index (χ0v) is 9.42. The van der Waals surface area contributed by atoms with E-state index in [0.717, 1.165) is 30.4 Å². The molecule has 2 N–H and O–H groups in total. The number of rotatable bonds is 3. The van der Waals surface area contributed by atoms with Gasteiger partial charge in [-0.1, -0.05) is 6.07 Å². The molecule has 0 bridgehead atoms. The van der Waals surface area contributed by atoms with Crippen LogP contribution in [-0.2, 0) is 11.2 Å². The minimum Gasteiger partial charge on any atom is -0.319 e. The number of nitrogens with two attached hydrogens (primary N) is 1. The lowest BCUT2D eigenvalue weighted by molar-refractivity contribution is -0.126. The first kappa shape index (κ1) is 11.3. The zero-order chi connectivity index (χ0) is 11.8. The van der Waals surface area contributed by atoms with Gasteiger partial charge in [-0.2, -0.15) is 0 Å². The topological polar surface area (TPSA) is 43.1 Å². The molecule has 0 spiro atoms. The highest BCUT2D eigenvalue weighted by Gasteiger charge is 2.39. The molecule has 1 aliphatic rings. The molecule has 0 saturated heterocycles. The summed E-state index contributed by atoms with van der Waals surface area (Å²) in [4.78, 5) is 11.9. The van der Waals surface area contributed by atoms with Gasteiger partial charge in [0.25, 0.3) is 0 Å². The number of ketones is 1. The Morgan fingerprint density at radius 2 is 2.19 bits per heavy atom. The number of carbonyl (C=O) groups excluding carboxylic acids is 1. The highest BCUT2D eigenvalue weighted by molar-refractivity contribution is 5.91. The van der Waals surface area contributed by atoms with Crippen molar-refractivity contribution in [3.8, 4) is 0 Å². The van der Waals surface area contributed by atoms with Crippen molar-refractivity contribution in [3.05, 3.63) is 35.1 Å². The van der Waals surface area contributed by atoms with Crippen molar-refractivity contribution in [3.63, 3.8) is 0 Å². The Hall–Kier alpha value is -1.22. The standard InChI is InChI=1S/C13H16FNO/c1-9-3-4-11(14)7-10(9)8-12(16)13(15)5-2-6-13/h3-4,7H,2,5-6,8,15H2,1H3. The van der Waals surface area contributed by atoms with Gasteiger partial charge in [-0.05, 0) is 49.4 Å². The average molecular weight is 221 g/mol. The second-order valence-corrected chi connectivity index (χ2v) is 4.68. The Kier molecular flexibility index (Phi) is 2.80. The van der Waals surface area contributed by atoms with Crippen LogP contribution in [0.25, 0.3) is 0 Å². The Morgan fingerprint density at radius 3 is 2.75 bits per heavy atom. The Morgan fingerprint density at radius 1 is 1.50 bits per heavy atom. The van der Waals surface area contributed by atoms with Crippen molar-refractivity contribution < 1.29 is 9.18 Å². The second-order valence-electron chi connectivity index (χ2n) is 4.68. The highest BCUT2D eigenvalue weighted by atomic mass is 19.1. The molecule has 2 nitrogen and oxygen atoms in total. The van der Waals surface area contributed by atoms with Crippen LogP contribution in [0.4, 0.5) is 4.39 Å². The van der Waals surface area contributed by atoms with Gasteiger partial charge in [0.1, 0.15) is 5.82 Å². The van der Waals surface area contributed by atoms with E-state index in [-0.39, 0.29) is 18.0 Å². The van der Waals surface area contributed by atoms with Crippen LogP contribution in [0.15, 0.2) is 18.2 Å². The molecule has 0 unspecified atom stereocenters. The molecular weight excluding hydrogens is 205 g/mol. The van der Waals surface area contributed by atoms with Crippen LogP contribution < -0.4 is 5.73 Å². The maximum absolute atomic E-state index is 13.0. The molecule has 1 saturated carbocycles. The Labute approximate surface area is 94.6 Å². The molecule has 0 amide bonds. The van der Waals surface area contributed by atoms with E-state index in [4.69, 9.17) is 5.73 Å². The van der Waals surface area contributed by atoms with Gasteiger partial charge in [0.2, 0.25) is 0 Å². The summed E-state index contributed by atoms with van der Waals surface area (Å²) in [5.74, 6) is -0.263. The van der Waals surface area contributed by atoms with Gasteiger partial charge < -0.3 is 5.73 Å². The minimum absolute atomic E-state index is 0.0347. The molecule has 1 fully saturated rings. The van der Waals surface area contributed by atoms with E-state index >= 15 is 0 Å². The summed E-state index contributed by atoms with van der Waals surface area (Å²) in [6.45, 7) is 1.88. The van der Waals surface area contributed by atoms with Crippen molar-refractivity contribution in [1.82, 2.24) is 0 Å². The molecule has 1 aliphatic carbocycles. The summed E-state index contributed by atoms with van der Waals surface area (Å²) >= 11 is 0. The average Bonchev–Trinajstić information content (AvgIpc) is 2.20. The number of aryl methyl sites for hydroxylation is 1. The highest BCUT2D eigenvalue weighted by Crippen LogP contribution is 2.31. The molecule has 3 heteroatoms. The predicted octanol–water partition coefficient (Wildman–Crippen LogP) is 2.13. The number of carbonyl (C=O) groups is 1. The summed E-state index contributed by atoms with van der Waals surface area (Å²) in [5, 5.41) is 0.